The molecular weight excluding hydrogens is 334 g/mol. The fraction of sp³-hybridized carbons (Fsp3) is 0.467. The number of carbonyl (C=O) groups is 2. The van der Waals surface area contributed by atoms with E-state index in [4.69, 9.17) is 0 Å². The summed E-state index contributed by atoms with van der Waals surface area (Å²) in [7, 11) is 0. The van der Waals surface area contributed by atoms with Crippen LogP contribution in [0.1, 0.15) is 20.8 Å². The molecule has 0 heterocycles. The second-order valence-corrected chi connectivity index (χ2v) is 5.91. The van der Waals surface area contributed by atoms with Crippen LogP contribution in [0.5, 0.6) is 0 Å². The molecule has 2 N–H and O–H groups in total. The third kappa shape index (κ3) is 6.73. The van der Waals surface area contributed by atoms with Gasteiger partial charge in [0.2, 0.25) is 11.8 Å². The van der Waals surface area contributed by atoms with Gasteiger partial charge in [0, 0.05) is 10.5 Å². The molecule has 1 rings (SSSR count). The second kappa shape index (κ2) is 8.79. The lowest BCUT2D eigenvalue weighted by Crippen LogP contribution is -2.42. The number of nitrogens with zero attached hydrogens (tertiary/aromatic N) is 1. The van der Waals surface area contributed by atoms with E-state index in [0.29, 0.717) is 6.54 Å². The third-order valence-corrected chi connectivity index (χ3v) is 3.47. The first-order valence-electron chi connectivity index (χ1n) is 6.98. The molecule has 0 saturated carbocycles. The van der Waals surface area contributed by atoms with Crippen molar-refractivity contribution in [2.45, 2.75) is 26.8 Å². The molecule has 0 atom stereocenters. The smallest absolute Gasteiger partial charge is 0.238 e. The first kappa shape index (κ1) is 17.7. The summed E-state index contributed by atoms with van der Waals surface area (Å²) in [5, 5.41) is 5.65. The lowest BCUT2D eigenvalue weighted by Gasteiger charge is -2.20. The highest BCUT2D eigenvalue weighted by molar-refractivity contribution is 9.10. The zero-order valence-electron chi connectivity index (χ0n) is 12.6. The van der Waals surface area contributed by atoms with Crippen molar-refractivity contribution in [1.29, 1.82) is 0 Å². The predicted molar refractivity (Wildman–Crippen MR) is 88.2 cm³/mol. The molecule has 0 aromatic heterocycles. The summed E-state index contributed by atoms with van der Waals surface area (Å²) in [6.45, 7) is 6.78. The molecule has 0 unspecified atom stereocenters. The monoisotopic (exact) mass is 355 g/mol. The van der Waals surface area contributed by atoms with E-state index in [-0.39, 0.29) is 30.9 Å². The standard InChI is InChI=1S/C15H22BrN3O2/c1-4-19(9-14(20)17-11(2)3)10-15(21)18-13-8-6-5-7-12(13)16/h5-8,11H,4,9-10H2,1-3H3,(H,17,20)(H,18,21). The SMILES string of the molecule is CCN(CC(=O)Nc1ccccc1Br)CC(=O)NC(C)C. The molecule has 5 nitrogen and oxygen atoms in total. The van der Waals surface area contributed by atoms with Gasteiger partial charge in [-0.3, -0.25) is 14.5 Å². The number of likely N-dealkylation sites (N-methyl/N-ethyl adjacent to an activating group) is 1. The van der Waals surface area contributed by atoms with Crippen molar-refractivity contribution < 1.29 is 9.59 Å². The van der Waals surface area contributed by atoms with Crippen LogP contribution in [0.2, 0.25) is 0 Å². The molecule has 1 aromatic carbocycles. The largest absolute Gasteiger partial charge is 0.353 e. The molecule has 2 amide bonds. The minimum Gasteiger partial charge on any atom is -0.353 e. The zero-order chi connectivity index (χ0) is 15.8. The van der Waals surface area contributed by atoms with Crippen molar-refractivity contribution in [3.63, 3.8) is 0 Å². The topological polar surface area (TPSA) is 61.4 Å². The first-order valence-corrected chi connectivity index (χ1v) is 7.77. The zero-order valence-corrected chi connectivity index (χ0v) is 14.2. The normalized spacial score (nSPS) is 10.8. The van der Waals surface area contributed by atoms with Gasteiger partial charge < -0.3 is 10.6 Å². The van der Waals surface area contributed by atoms with Crippen LogP contribution < -0.4 is 10.6 Å². The lowest BCUT2D eigenvalue weighted by atomic mass is 10.3. The summed E-state index contributed by atoms with van der Waals surface area (Å²) in [4.78, 5) is 25.6. The Bertz CT molecular complexity index is 492. The van der Waals surface area contributed by atoms with Crippen LogP contribution in [-0.2, 0) is 9.59 Å². The van der Waals surface area contributed by atoms with Crippen LogP contribution in [0.25, 0.3) is 0 Å². The van der Waals surface area contributed by atoms with Crippen LogP contribution in [0.3, 0.4) is 0 Å². The molecule has 0 radical (unpaired) electrons. The summed E-state index contributed by atoms with van der Waals surface area (Å²) < 4.78 is 0.832. The van der Waals surface area contributed by atoms with E-state index in [0.717, 1.165) is 10.2 Å². The summed E-state index contributed by atoms with van der Waals surface area (Å²) in [6, 6.07) is 7.53. The Morgan fingerprint density at radius 1 is 1.19 bits per heavy atom. The highest BCUT2D eigenvalue weighted by Crippen LogP contribution is 2.20. The van der Waals surface area contributed by atoms with Gasteiger partial charge in [-0.1, -0.05) is 19.1 Å². The van der Waals surface area contributed by atoms with Gasteiger partial charge in [-0.2, -0.15) is 0 Å². The predicted octanol–water partition coefficient (Wildman–Crippen LogP) is 2.23. The van der Waals surface area contributed by atoms with Gasteiger partial charge in [0.1, 0.15) is 0 Å². The Hall–Kier alpha value is -1.40. The molecule has 0 spiro atoms. The number of para-hydroxylation sites is 1. The van der Waals surface area contributed by atoms with E-state index in [9.17, 15) is 9.59 Å². The van der Waals surface area contributed by atoms with E-state index >= 15 is 0 Å². The van der Waals surface area contributed by atoms with Crippen molar-refractivity contribution in [3.8, 4) is 0 Å². The fourth-order valence-corrected chi connectivity index (χ4v) is 2.19. The lowest BCUT2D eigenvalue weighted by molar-refractivity contribution is -0.123. The molecule has 0 aliphatic heterocycles. The number of anilines is 1. The average molecular weight is 356 g/mol. The van der Waals surface area contributed by atoms with Crippen LogP contribution in [0.4, 0.5) is 5.69 Å². The Balaban J connectivity index is 2.51. The van der Waals surface area contributed by atoms with E-state index in [1.54, 1.807) is 4.90 Å². The minimum absolute atomic E-state index is 0.0689. The Kier molecular flexibility index (Phi) is 7.39. The van der Waals surface area contributed by atoms with Gasteiger partial charge in [-0.15, -0.1) is 0 Å². The molecule has 0 bridgehead atoms. The van der Waals surface area contributed by atoms with Gasteiger partial charge in [0.25, 0.3) is 0 Å². The molecule has 21 heavy (non-hydrogen) atoms. The Morgan fingerprint density at radius 3 is 2.38 bits per heavy atom. The number of benzene rings is 1. The highest BCUT2D eigenvalue weighted by atomic mass is 79.9. The number of hydrogen-bond donors (Lipinski definition) is 2. The number of halogens is 1. The van der Waals surface area contributed by atoms with E-state index < -0.39 is 0 Å². The quantitative estimate of drug-likeness (QED) is 0.788. The number of rotatable bonds is 7. The van der Waals surface area contributed by atoms with Crippen LogP contribution in [0.15, 0.2) is 28.7 Å². The van der Waals surface area contributed by atoms with Crippen LogP contribution in [0, 0.1) is 0 Å². The maximum absolute atomic E-state index is 12.0. The van der Waals surface area contributed by atoms with Gasteiger partial charge in [-0.05, 0) is 48.5 Å². The van der Waals surface area contributed by atoms with Crippen LogP contribution >= 0.6 is 15.9 Å². The van der Waals surface area contributed by atoms with Crippen LogP contribution in [-0.4, -0.2) is 42.4 Å². The Morgan fingerprint density at radius 2 is 1.81 bits per heavy atom. The van der Waals surface area contributed by atoms with E-state index in [2.05, 4.69) is 26.6 Å². The molecule has 6 heteroatoms. The van der Waals surface area contributed by atoms with Gasteiger partial charge in [-0.25, -0.2) is 0 Å². The molecule has 0 aliphatic rings. The van der Waals surface area contributed by atoms with Crippen molar-refractivity contribution in [2.24, 2.45) is 0 Å². The molecule has 0 aliphatic carbocycles. The van der Waals surface area contributed by atoms with Gasteiger partial charge in [0.15, 0.2) is 0 Å². The highest BCUT2D eigenvalue weighted by Gasteiger charge is 2.14. The van der Waals surface area contributed by atoms with E-state index in [1.165, 1.54) is 0 Å². The maximum atomic E-state index is 12.0. The first-order chi connectivity index (χ1) is 9.92. The molecular formula is C15H22BrN3O2. The fourth-order valence-electron chi connectivity index (χ4n) is 1.81. The van der Waals surface area contributed by atoms with Crippen molar-refractivity contribution in [3.05, 3.63) is 28.7 Å². The molecule has 0 fully saturated rings. The summed E-state index contributed by atoms with van der Waals surface area (Å²) in [5.74, 6) is -0.207. The minimum atomic E-state index is -0.138. The van der Waals surface area contributed by atoms with E-state index in [1.807, 2.05) is 45.0 Å². The molecule has 1 aromatic rings. The second-order valence-electron chi connectivity index (χ2n) is 5.05. The third-order valence-electron chi connectivity index (χ3n) is 2.78. The van der Waals surface area contributed by atoms with Crippen molar-refractivity contribution in [2.75, 3.05) is 25.0 Å². The number of amides is 2. The summed E-state index contributed by atoms with van der Waals surface area (Å²) in [5.41, 5.74) is 0.727. The average Bonchev–Trinajstić information content (AvgIpc) is 2.39. The molecule has 0 saturated heterocycles. The maximum Gasteiger partial charge on any atom is 0.238 e. The summed E-state index contributed by atoms with van der Waals surface area (Å²) >= 11 is 3.38. The number of hydrogen-bond acceptors (Lipinski definition) is 3. The Labute approximate surface area is 134 Å². The van der Waals surface area contributed by atoms with Gasteiger partial charge >= 0.3 is 0 Å². The summed E-state index contributed by atoms with van der Waals surface area (Å²) in [6.07, 6.45) is 0. The molecule has 116 valence electrons. The van der Waals surface area contributed by atoms with Gasteiger partial charge in [0.05, 0.1) is 18.8 Å². The van der Waals surface area contributed by atoms with Crippen molar-refractivity contribution in [1.82, 2.24) is 10.2 Å². The number of carbonyl (C=O) groups excluding carboxylic acids is 2. The van der Waals surface area contributed by atoms with Crippen molar-refractivity contribution >= 4 is 33.4 Å². The number of nitrogens with one attached hydrogen (secondary N) is 2.